The third-order valence-electron chi connectivity index (χ3n) is 7.23. The highest BCUT2D eigenvalue weighted by Gasteiger charge is 2.41. The van der Waals surface area contributed by atoms with Gasteiger partial charge in [0.2, 0.25) is 0 Å². The number of aliphatic hydroxyl groups is 1. The molecule has 172 valence electrons. The lowest BCUT2D eigenvalue weighted by atomic mass is 9.82. The van der Waals surface area contributed by atoms with Gasteiger partial charge in [0, 0.05) is 25.2 Å². The Morgan fingerprint density at radius 2 is 1.85 bits per heavy atom. The summed E-state index contributed by atoms with van der Waals surface area (Å²) in [5.74, 6) is -0.291. The molecule has 1 aromatic carbocycles. The van der Waals surface area contributed by atoms with Gasteiger partial charge in [0.1, 0.15) is 5.60 Å². The van der Waals surface area contributed by atoms with E-state index in [0.29, 0.717) is 31.5 Å². The smallest absolute Gasteiger partial charge is 0.256 e. The lowest BCUT2D eigenvalue weighted by Gasteiger charge is -2.41. The number of rotatable bonds is 4. The van der Waals surface area contributed by atoms with Gasteiger partial charge in [0.25, 0.3) is 11.8 Å². The van der Waals surface area contributed by atoms with Crippen molar-refractivity contribution < 1.29 is 14.7 Å². The Bertz CT molecular complexity index is 1140. The summed E-state index contributed by atoms with van der Waals surface area (Å²) in [6, 6.07) is 13.5. The van der Waals surface area contributed by atoms with Gasteiger partial charge in [-0.25, -0.2) is 4.98 Å². The van der Waals surface area contributed by atoms with E-state index in [0.717, 1.165) is 36.8 Å². The molecule has 2 unspecified atom stereocenters. The molecule has 0 spiro atoms. The largest absolute Gasteiger partial charge is 0.380 e. The number of piperidine rings is 1. The second-order valence-corrected chi connectivity index (χ2v) is 9.34. The van der Waals surface area contributed by atoms with Gasteiger partial charge in [0.05, 0.1) is 29.6 Å². The van der Waals surface area contributed by atoms with Crippen LogP contribution in [0.3, 0.4) is 0 Å². The minimum absolute atomic E-state index is 0.0664. The minimum atomic E-state index is -1.31. The van der Waals surface area contributed by atoms with Crippen LogP contribution in [-0.2, 0) is 4.79 Å². The van der Waals surface area contributed by atoms with Crippen molar-refractivity contribution in [3.63, 3.8) is 0 Å². The van der Waals surface area contributed by atoms with Crippen LogP contribution in [0.2, 0.25) is 0 Å². The van der Waals surface area contributed by atoms with Gasteiger partial charge < -0.3 is 19.7 Å². The molecule has 33 heavy (non-hydrogen) atoms. The number of nitrogens with one attached hydrogen (secondary N) is 1. The van der Waals surface area contributed by atoms with Crippen molar-refractivity contribution in [1.82, 2.24) is 19.6 Å². The van der Waals surface area contributed by atoms with E-state index in [1.165, 1.54) is 0 Å². The summed E-state index contributed by atoms with van der Waals surface area (Å²) in [5, 5.41) is 14.1. The van der Waals surface area contributed by atoms with Crippen LogP contribution < -0.4 is 5.32 Å². The number of pyridine rings is 1. The zero-order chi connectivity index (χ0) is 22.8. The quantitative estimate of drug-likeness (QED) is 0.645. The van der Waals surface area contributed by atoms with Crippen LogP contribution in [0.4, 0.5) is 0 Å². The molecule has 2 fully saturated rings. The van der Waals surface area contributed by atoms with Crippen LogP contribution in [-0.4, -0.2) is 55.9 Å². The number of carbonyl (C=O) groups excluding carboxylic acids is 2. The number of hydrogen-bond acceptors (Lipinski definition) is 4. The average molecular weight is 447 g/mol. The molecule has 2 N–H and O–H groups in total. The maximum atomic E-state index is 13.5. The summed E-state index contributed by atoms with van der Waals surface area (Å²) in [6.07, 6.45) is 9.74. The first kappa shape index (κ1) is 21.6. The number of imidazole rings is 1. The van der Waals surface area contributed by atoms with Crippen molar-refractivity contribution in [1.29, 1.82) is 0 Å². The molecule has 0 radical (unpaired) electrons. The molecule has 0 bridgehead atoms. The summed E-state index contributed by atoms with van der Waals surface area (Å²) < 4.78 is 1.84. The summed E-state index contributed by atoms with van der Waals surface area (Å²) in [7, 11) is 0. The molecule has 2 atom stereocenters. The lowest BCUT2D eigenvalue weighted by Crippen LogP contribution is -2.58. The fraction of sp³-hybridized carbons (Fsp3) is 0.423. The van der Waals surface area contributed by atoms with Crippen molar-refractivity contribution in [3.05, 3.63) is 72.3 Å². The number of fused-ring (bicyclic) bond motifs is 1. The van der Waals surface area contributed by atoms with Crippen molar-refractivity contribution in [2.45, 2.75) is 56.1 Å². The van der Waals surface area contributed by atoms with E-state index in [-0.39, 0.29) is 23.8 Å². The molecule has 2 aromatic heterocycles. The monoisotopic (exact) mass is 446 g/mol. The molecule has 7 nitrogen and oxygen atoms in total. The molecule has 1 saturated heterocycles. The molecule has 3 aromatic rings. The third-order valence-corrected chi connectivity index (χ3v) is 7.23. The van der Waals surface area contributed by atoms with Crippen LogP contribution in [0.1, 0.15) is 60.4 Å². The number of nitrogens with zero attached hydrogens (tertiary/aromatic N) is 3. The fourth-order valence-electron chi connectivity index (χ4n) is 5.35. The molecular formula is C26H30N4O3. The molecule has 7 heteroatoms. The van der Waals surface area contributed by atoms with Crippen LogP contribution in [0.15, 0.2) is 61.2 Å². The second kappa shape index (κ2) is 8.98. The second-order valence-electron chi connectivity index (χ2n) is 9.34. The van der Waals surface area contributed by atoms with Gasteiger partial charge >= 0.3 is 0 Å². The lowest BCUT2D eigenvalue weighted by molar-refractivity contribution is -0.144. The van der Waals surface area contributed by atoms with Crippen LogP contribution in [0.25, 0.3) is 5.52 Å². The van der Waals surface area contributed by atoms with Crippen LogP contribution in [0.5, 0.6) is 0 Å². The number of aromatic nitrogens is 2. The van der Waals surface area contributed by atoms with Crippen LogP contribution >= 0.6 is 0 Å². The fourth-order valence-corrected chi connectivity index (χ4v) is 5.35. The average Bonchev–Trinajstić information content (AvgIpc) is 3.34. The highest BCUT2D eigenvalue weighted by Crippen LogP contribution is 2.32. The Morgan fingerprint density at radius 3 is 2.64 bits per heavy atom. The molecule has 1 aliphatic heterocycles. The van der Waals surface area contributed by atoms with Crippen molar-refractivity contribution in [2.24, 2.45) is 0 Å². The first-order valence-corrected chi connectivity index (χ1v) is 11.8. The molecule has 5 rings (SSSR count). The molecular weight excluding hydrogens is 416 g/mol. The maximum Gasteiger partial charge on any atom is 0.256 e. The predicted octanol–water partition coefficient (Wildman–Crippen LogP) is 3.14. The van der Waals surface area contributed by atoms with E-state index in [1.54, 1.807) is 12.5 Å². The summed E-state index contributed by atoms with van der Waals surface area (Å²) in [4.78, 5) is 32.6. The summed E-state index contributed by atoms with van der Waals surface area (Å²) >= 11 is 0. The minimum Gasteiger partial charge on any atom is -0.380 e. The summed E-state index contributed by atoms with van der Waals surface area (Å²) in [5.41, 5.74) is 1.20. The number of amides is 2. The third kappa shape index (κ3) is 4.25. The Kier molecular flexibility index (Phi) is 5.89. The first-order chi connectivity index (χ1) is 16.0. The topological polar surface area (TPSA) is 86.9 Å². The molecule has 1 saturated carbocycles. The van der Waals surface area contributed by atoms with Gasteiger partial charge in [-0.2, -0.15) is 0 Å². The van der Waals surface area contributed by atoms with Crippen LogP contribution in [0, 0.1) is 0 Å². The van der Waals surface area contributed by atoms with Gasteiger partial charge in [-0.05, 0) is 37.0 Å². The Balaban J connectivity index is 1.40. The number of likely N-dealkylation sites (tertiary alicyclic amines) is 1. The number of hydrogen-bond donors (Lipinski definition) is 2. The summed E-state index contributed by atoms with van der Waals surface area (Å²) in [6.45, 7) is 1.000. The van der Waals surface area contributed by atoms with E-state index in [1.807, 2.05) is 45.8 Å². The van der Waals surface area contributed by atoms with Crippen molar-refractivity contribution in [2.75, 3.05) is 13.1 Å². The van der Waals surface area contributed by atoms with Gasteiger partial charge in [-0.3, -0.25) is 9.59 Å². The Hall–Kier alpha value is -3.19. The highest BCUT2D eigenvalue weighted by atomic mass is 16.3. The van der Waals surface area contributed by atoms with E-state index >= 15 is 0 Å². The maximum absolute atomic E-state index is 13.5. The number of carbonyl (C=O) groups is 2. The predicted molar refractivity (Wildman–Crippen MR) is 125 cm³/mol. The van der Waals surface area contributed by atoms with Gasteiger partial charge in [-0.1, -0.05) is 49.6 Å². The molecule has 2 amide bonds. The highest BCUT2D eigenvalue weighted by molar-refractivity contribution is 6.00. The SMILES string of the molecule is O=C(c1cccn2cncc12)N1CCC(c2ccccc2)C(NC(=O)C2(O)CCCCC2)C1. The molecule has 3 heterocycles. The normalized spacial score (nSPS) is 22.8. The van der Waals surface area contributed by atoms with E-state index in [9.17, 15) is 14.7 Å². The van der Waals surface area contributed by atoms with Crippen molar-refractivity contribution >= 4 is 17.3 Å². The van der Waals surface area contributed by atoms with Gasteiger partial charge in [0.15, 0.2) is 0 Å². The standard InChI is InChI=1S/C26H30N4O3/c31-24(21-10-7-14-30-18-27-16-23(21)30)29-15-11-20(19-8-3-1-4-9-19)22(17-29)28-25(32)26(33)12-5-2-6-13-26/h1,3-4,7-10,14,16,18,20,22,33H,2,5-6,11-13,15,17H2,(H,28,32). The zero-order valence-electron chi connectivity index (χ0n) is 18.7. The van der Waals surface area contributed by atoms with E-state index < -0.39 is 5.60 Å². The molecule has 1 aliphatic carbocycles. The Labute approximate surface area is 193 Å². The zero-order valence-corrected chi connectivity index (χ0v) is 18.7. The van der Waals surface area contributed by atoms with Crippen molar-refractivity contribution in [3.8, 4) is 0 Å². The first-order valence-electron chi connectivity index (χ1n) is 11.8. The molecule has 2 aliphatic rings. The van der Waals surface area contributed by atoms with E-state index in [4.69, 9.17) is 0 Å². The van der Waals surface area contributed by atoms with Gasteiger partial charge in [-0.15, -0.1) is 0 Å². The Morgan fingerprint density at radius 1 is 1.06 bits per heavy atom. The van der Waals surface area contributed by atoms with E-state index in [2.05, 4.69) is 22.4 Å². The number of benzene rings is 1.